The fraction of sp³-hybridized carbons (Fsp3) is 0.661. The van der Waals surface area contributed by atoms with Gasteiger partial charge < -0.3 is 84.2 Å². The number of carboxylic acid groups (broad SMARTS) is 4. The van der Waals surface area contributed by atoms with Crippen molar-refractivity contribution < 1.29 is 109 Å². The lowest BCUT2D eigenvalue weighted by Gasteiger charge is -2.34. The quantitative estimate of drug-likeness (QED) is 0.0189. The van der Waals surface area contributed by atoms with Crippen LogP contribution in [0.5, 0.6) is 0 Å². The van der Waals surface area contributed by atoms with E-state index in [0.717, 1.165) is 31.2 Å². The van der Waals surface area contributed by atoms with Gasteiger partial charge in [-0.1, -0.05) is 66.7 Å². The van der Waals surface area contributed by atoms with Gasteiger partial charge in [-0.2, -0.15) is 8.42 Å². The smallest absolute Gasteiger partial charge is 0.398 e. The lowest BCUT2D eigenvalue weighted by atomic mass is 9.97. The molecule has 0 aromatic carbocycles. The molecule has 0 aromatic rings. The van der Waals surface area contributed by atoms with Crippen LogP contribution in [0.4, 0.5) is 0 Å². The molecule has 0 spiro atoms. The monoisotopic (exact) mass is 1330 g/mol. The number of nitrogens with two attached hydrogens (primary N) is 1. The second-order valence-electron chi connectivity index (χ2n) is 23.6. The zero-order valence-corrected chi connectivity index (χ0v) is 53.5. The predicted molar refractivity (Wildman–Crippen MR) is 320 cm³/mol. The van der Waals surface area contributed by atoms with Gasteiger partial charge in [0.05, 0.1) is 30.8 Å². The fourth-order valence-corrected chi connectivity index (χ4v) is 9.93. The van der Waals surface area contributed by atoms with Gasteiger partial charge in [-0.15, -0.1) is 0 Å². The van der Waals surface area contributed by atoms with Crippen molar-refractivity contribution >= 4 is 99.3 Å². The van der Waals surface area contributed by atoms with Gasteiger partial charge in [0.25, 0.3) is 0 Å². The molecule has 35 nitrogen and oxygen atoms in total. The minimum atomic E-state index is -5.89. The molecule has 0 saturated carbocycles. The molecule has 17 N–H and O–H groups in total. The fourth-order valence-electron chi connectivity index (χ4n) is 9.47. The normalized spacial score (nSPS) is 25.5. The summed E-state index contributed by atoms with van der Waals surface area (Å²) < 4.78 is 37.9. The van der Waals surface area contributed by atoms with E-state index in [1.165, 1.54) is 40.7 Å². The van der Waals surface area contributed by atoms with Crippen molar-refractivity contribution in [2.75, 3.05) is 19.6 Å². The number of hydrogen-bond donors (Lipinski definition) is 16. The Balaban J connectivity index is 3.05. The van der Waals surface area contributed by atoms with Crippen LogP contribution >= 0.6 is 0 Å². The molecule has 36 heteroatoms. The topological polar surface area (TPSA) is 550 Å². The van der Waals surface area contributed by atoms with Crippen LogP contribution in [0, 0.1) is 35.5 Å². The Bertz CT molecular complexity index is 2900. The number of allylic oxidation sites excluding steroid dienone is 3. The lowest BCUT2D eigenvalue weighted by molar-refractivity contribution is -0.151. The molecule has 11 amide bonds. The van der Waals surface area contributed by atoms with E-state index in [-0.39, 0.29) is 32.4 Å². The molecule has 4 unspecified atom stereocenters. The Morgan fingerprint density at radius 1 is 0.674 bits per heavy atom. The first kappa shape index (κ1) is 79.5. The molecule has 2 heterocycles. The summed E-state index contributed by atoms with van der Waals surface area (Å²) >= 11 is 0. The van der Waals surface area contributed by atoms with Gasteiger partial charge in [0.15, 0.2) is 0 Å². The third-order valence-electron chi connectivity index (χ3n) is 14.8. The molecule has 0 aromatic heterocycles. The van der Waals surface area contributed by atoms with E-state index in [9.17, 15) is 105 Å². The molecule has 2 rings (SSSR count). The Hall–Kier alpha value is -8.64. The zero-order chi connectivity index (χ0) is 70.2. The molecule has 2 aliphatic heterocycles. The van der Waals surface area contributed by atoms with Gasteiger partial charge in [0.2, 0.25) is 71.1 Å². The van der Waals surface area contributed by atoms with E-state index >= 15 is 0 Å². The molecule has 2 aliphatic rings. The molecule has 0 bridgehead atoms. The number of unbranched alkanes of at least 4 members (excludes halogenated alkanes) is 1. The van der Waals surface area contributed by atoms with Crippen molar-refractivity contribution in [2.45, 2.75) is 181 Å². The maximum atomic E-state index is 14.9. The summed E-state index contributed by atoms with van der Waals surface area (Å²) in [5.74, 6) is -27.3. The summed E-state index contributed by atoms with van der Waals surface area (Å²) in [6.45, 7) is 13.3. The molecule has 2 saturated heterocycles. The van der Waals surface area contributed by atoms with Crippen molar-refractivity contribution in [3.05, 3.63) is 24.3 Å². The minimum Gasteiger partial charge on any atom is -0.481 e. The molecule has 0 aliphatic carbocycles. The van der Waals surface area contributed by atoms with Crippen molar-refractivity contribution in [2.24, 2.45) is 41.2 Å². The van der Waals surface area contributed by atoms with Crippen LogP contribution in [0.15, 0.2) is 24.3 Å². The largest absolute Gasteiger partial charge is 0.481 e. The number of nitrogens with zero attached hydrogens (tertiary/aromatic N) is 1. The Kier molecular flexibility index (Phi) is 32.0. The van der Waals surface area contributed by atoms with Gasteiger partial charge in [0.1, 0.15) is 54.4 Å². The van der Waals surface area contributed by atoms with Crippen molar-refractivity contribution in [1.82, 2.24) is 58.1 Å². The Morgan fingerprint density at radius 3 is 1.79 bits per heavy atom. The summed E-state index contributed by atoms with van der Waals surface area (Å²) in [5, 5.41) is 62.2. The first-order chi connectivity index (χ1) is 42.7. The molecule has 14 atom stereocenters. The summed E-state index contributed by atoms with van der Waals surface area (Å²) in [5.41, 5.74) is 5.69. The first-order valence-electron chi connectivity index (χ1n) is 29.6. The van der Waals surface area contributed by atoms with Crippen LogP contribution < -0.4 is 58.9 Å². The lowest BCUT2D eigenvalue weighted by Crippen LogP contribution is -2.66. The predicted octanol–water partition coefficient (Wildman–Crippen LogP) is -4.09. The number of rotatable bonds is 24. The Morgan fingerprint density at radius 2 is 1.25 bits per heavy atom. The maximum Gasteiger partial charge on any atom is 0.398 e. The third kappa shape index (κ3) is 25.6. The van der Waals surface area contributed by atoms with Gasteiger partial charge in [-0.25, -0.2) is 8.98 Å². The van der Waals surface area contributed by atoms with E-state index < -0.39 is 215 Å². The van der Waals surface area contributed by atoms with E-state index in [1.54, 1.807) is 24.4 Å². The summed E-state index contributed by atoms with van der Waals surface area (Å²) in [7, 11) is -5.89. The number of carbonyl (C=O) groups is 15. The second kappa shape index (κ2) is 37.0. The van der Waals surface area contributed by atoms with Crippen LogP contribution in [-0.2, 0) is 86.5 Å². The number of carboxylic acids is 4. The molecule has 0 radical (unpaired) electrons. The van der Waals surface area contributed by atoms with Crippen molar-refractivity contribution in [1.29, 1.82) is 0 Å². The van der Waals surface area contributed by atoms with Gasteiger partial charge in [-0.05, 0) is 89.5 Å². The highest BCUT2D eigenvalue weighted by Gasteiger charge is 2.46. The number of amides is 11. The maximum absolute atomic E-state index is 14.9. The van der Waals surface area contributed by atoms with Crippen LogP contribution in [0.3, 0.4) is 0 Å². The van der Waals surface area contributed by atoms with Crippen molar-refractivity contribution in [3.63, 3.8) is 0 Å². The van der Waals surface area contributed by atoms with Crippen LogP contribution in [0.1, 0.15) is 114 Å². The molecular formula is C56H88N12O23S. The zero-order valence-electron chi connectivity index (χ0n) is 52.7. The molecular weight excluding hydrogens is 1240 g/mol. The van der Waals surface area contributed by atoms with Crippen LogP contribution in [0.25, 0.3) is 0 Å². The average Bonchev–Trinajstić information content (AvgIpc) is 1.63. The highest BCUT2D eigenvalue weighted by atomic mass is 32.3. The standard InChI is InChI=1S/C56H88N12O23S/c1-25(2)17-13-11-12-14-19-35(69)62-40(29(8)54(82)83)50(78)66-42-31(10)59-47(75)34-21-28(7)24-68(34)53(81)39(27(5)6)65-49(77)41(30(9)55(84)85)63-36(70)23-58-45(73)33(22-37(71)72)61-52(80)43(44(56(86)87)91-92(88,89)90)67-46(74)32(18-15-16-20-57)60-48(76)38(26(3)4)64-51(42)79/h11-12,14,19,25-34,38-44H,13,15-18,20-24,57H2,1-10H3,(H,58,73)(H,59,75)(H,60,76)(H,61,80)(H,62,69)(H,63,70)(H,64,79)(H,65,77)(H,66,78)(H,67,74)(H,71,72)(H,82,83)(H,84,85)(H,86,87)(H,88,89,90)/b12-11-,19-14+/t28-,29?,30?,31?,32+,33+,34+,38-,39+,40+,41-,42+,43+,44?/m1/s1. The highest BCUT2D eigenvalue weighted by molar-refractivity contribution is 7.80. The number of nitrogens with one attached hydrogen (secondary N) is 10. The number of aliphatic carboxylic acids is 4. The van der Waals surface area contributed by atoms with Crippen LogP contribution in [-0.4, -0.2) is 213 Å². The molecule has 516 valence electrons. The number of fused-ring (bicyclic) bond motifs is 1. The Labute approximate surface area is 531 Å². The molecule has 2 fully saturated rings. The summed E-state index contributed by atoms with van der Waals surface area (Å²) in [4.78, 5) is 207. The molecule has 92 heavy (non-hydrogen) atoms. The third-order valence-corrected chi connectivity index (χ3v) is 15.2. The average molecular weight is 1330 g/mol. The van der Waals surface area contributed by atoms with Crippen LogP contribution in [0.2, 0.25) is 0 Å². The van der Waals surface area contributed by atoms with Crippen molar-refractivity contribution in [3.8, 4) is 0 Å². The minimum absolute atomic E-state index is 0.0237. The van der Waals surface area contributed by atoms with Gasteiger partial charge >= 0.3 is 34.3 Å². The summed E-state index contributed by atoms with van der Waals surface area (Å²) in [6, 6.07) is -19.7. The van der Waals surface area contributed by atoms with E-state index in [2.05, 4.69) is 41.4 Å². The first-order valence-corrected chi connectivity index (χ1v) is 31.0. The number of carbonyl (C=O) groups excluding carboxylic acids is 11. The SMILES string of the molecule is CC(C)CC/C=C\C=C\C(=O)N[C@H](C(=O)N[C@@H]1C(=O)N[C@H](C(C)C)C(=O)N[C@@H](CCCCN)C(=O)N[C@@H](C(OS(=O)(=O)O)C(=O)O)C(=O)N[C@@H](CC(=O)O)C(=O)NCC(=O)N[C@H](C(C)C(=O)O)C(=O)N[C@@H](C(C)C)C(=O)N2C[C@H](C)C[C@H]2C(=O)NC1C)C(C)C(=O)O. The van der Waals surface area contributed by atoms with E-state index in [1.807, 2.05) is 24.5 Å². The second-order valence-corrected chi connectivity index (χ2v) is 24.7. The van der Waals surface area contributed by atoms with E-state index in [4.69, 9.17) is 5.73 Å². The van der Waals surface area contributed by atoms with Gasteiger partial charge in [0, 0.05) is 12.6 Å². The highest BCUT2D eigenvalue weighted by Crippen LogP contribution is 2.26. The van der Waals surface area contributed by atoms with Gasteiger partial charge in [-0.3, -0.25) is 71.7 Å². The van der Waals surface area contributed by atoms with E-state index in [0.29, 0.717) is 12.3 Å². The summed E-state index contributed by atoms with van der Waals surface area (Å²) in [6.07, 6.45) is 2.14. The number of hydrogen-bond acceptors (Lipinski definition) is 19.